The molecule has 0 aliphatic carbocycles. The second-order valence-electron chi connectivity index (χ2n) is 6.45. The maximum atomic E-state index is 12.6. The molecule has 8 heteroatoms. The maximum absolute atomic E-state index is 12.6. The number of hydrogen-bond acceptors (Lipinski definition) is 6. The van der Waals surface area contributed by atoms with Crippen LogP contribution in [0.1, 0.15) is 28.1 Å². The third kappa shape index (κ3) is 4.55. The first-order valence-corrected chi connectivity index (χ1v) is 10.3. The van der Waals surface area contributed by atoms with Crippen LogP contribution in [0.25, 0.3) is 17.0 Å². The lowest BCUT2D eigenvalue weighted by atomic mass is 10.1. The predicted octanol–water partition coefficient (Wildman–Crippen LogP) is 3.68. The average Bonchev–Trinajstić information content (AvgIpc) is 3.27. The second-order valence-corrected chi connectivity index (χ2v) is 8.17. The topological polar surface area (TPSA) is 84.2 Å². The Hall–Kier alpha value is -2.97. The number of thiocarbonyl (C=S) groups is 1. The number of benzene rings is 1. The van der Waals surface area contributed by atoms with E-state index in [1.54, 1.807) is 18.3 Å². The zero-order valence-electron chi connectivity index (χ0n) is 15.3. The molecule has 3 aromatic rings. The zero-order chi connectivity index (χ0) is 20.2. The molecule has 0 saturated carbocycles. The highest BCUT2D eigenvalue weighted by molar-refractivity contribution is 8.26. The highest BCUT2D eigenvalue weighted by Crippen LogP contribution is 2.29. The van der Waals surface area contributed by atoms with Gasteiger partial charge in [-0.3, -0.25) is 14.6 Å². The fourth-order valence-corrected chi connectivity index (χ4v) is 4.02. The summed E-state index contributed by atoms with van der Waals surface area (Å²) in [5, 5.41) is 6.17. The van der Waals surface area contributed by atoms with Gasteiger partial charge in [0.05, 0.1) is 4.91 Å². The third-order valence-corrected chi connectivity index (χ3v) is 5.54. The minimum atomic E-state index is -0.255. The minimum absolute atomic E-state index is 0.237. The number of pyridine rings is 1. The summed E-state index contributed by atoms with van der Waals surface area (Å²) in [6.45, 7) is 0.552. The smallest absolute Gasteiger partial charge is 0.263 e. The standard InChI is InChI=1S/C21H17N3O3S2/c25-19(23-8-4-7-13-5-2-1-3-6-13)16-12-22-11-14-9-15(27-18(14)16)10-17-20(26)24-21(28)29-17/h1-3,5-6,9-12H,4,7-8H2,(H,23,25)(H,24,26,28). The van der Waals surface area contributed by atoms with Gasteiger partial charge in [0.25, 0.3) is 11.8 Å². The van der Waals surface area contributed by atoms with Crippen LogP contribution in [0, 0.1) is 0 Å². The molecule has 1 fully saturated rings. The molecule has 2 N–H and O–H groups in total. The normalized spacial score (nSPS) is 15.1. The van der Waals surface area contributed by atoms with Gasteiger partial charge in [0.2, 0.25) is 0 Å². The van der Waals surface area contributed by atoms with Gasteiger partial charge in [-0.05, 0) is 24.5 Å². The molecule has 1 saturated heterocycles. The molecule has 0 unspecified atom stereocenters. The molecule has 0 bridgehead atoms. The Morgan fingerprint density at radius 3 is 2.86 bits per heavy atom. The van der Waals surface area contributed by atoms with Crippen molar-refractivity contribution in [2.45, 2.75) is 12.8 Å². The lowest BCUT2D eigenvalue weighted by Crippen LogP contribution is -2.25. The number of aromatic nitrogens is 1. The molecular weight excluding hydrogens is 406 g/mol. The van der Waals surface area contributed by atoms with E-state index in [4.69, 9.17) is 16.6 Å². The summed E-state index contributed by atoms with van der Waals surface area (Å²) >= 11 is 6.16. The maximum Gasteiger partial charge on any atom is 0.263 e. The molecule has 1 aliphatic rings. The number of carbonyl (C=O) groups excluding carboxylic acids is 2. The molecule has 1 aliphatic heterocycles. The number of nitrogens with zero attached hydrogens (tertiary/aromatic N) is 1. The largest absolute Gasteiger partial charge is 0.456 e. The van der Waals surface area contributed by atoms with Gasteiger partial charge in [-0.15, -0.1) is 0 Å². The van der Waals surface area contributed by atoms with Gasteiger partial charge in [-0.1, -0.05) is 54.3 Å². The van der Waals surface area contributed by atoms with E-state index < -0.39 is 0 Å². The second kappa shape index (κ2) is 8.59. The fraction of sp³-hybridized carbons (Fsp3) is 0.143. The van der Waals surface area contributed by atoms with Crippen molar-refractivity contribution in [2.24, 2.45) is 0 Å². The van der Waals surface area contributed by atoms with Crippen molar-refractivity contribution < 1.29 is 14.0 Å². The number of aryl methyl sites for hydroxylation is 1. The predicted molar refractivity (Wildman–Crippen MR) is 117 cm³/mol. The van der Waals surface area contributed by atoms with E-state index in [9.17, 15) is 9.59 Å². The van der Waals surface area contributed by atoms with E-state index in [1.165, 1.54) is 23.5 Å². The minimum Gasteiger partial charge on any atom is -0.456 e. The first kappa shape index (κ1) is 19.4. The quantitative estimate of drug-likeness (QED) is 0.357. The van der Waals surface area contributed by atoms with Crippen molar-refractivity contribution in [2.75, 3.05) is 6.54 Å². The SMILES string of the molecule is O=C1NC(=S)SC1=Cc1cc2cncc(C(=O)NCCCc3ccccc3)c2o1. The van der Waals surface area contributed by atoms with Gasteiger partial charge in [-0.25, -0.2) is 0 Å². The van der Waals surface area contributed by atoms with Gasteiger partial charge in [0, 0.05) is 30.4 Å². The summed E-state index contributed by atoms with van der Waals surface area (Å²) in [5.41, 5.74) is 2.05. The number of amides is 2. The van der Waals surface area contributed by atoms with Crippen LogP contribution in [0.3, 0.4) is 0 Å². The van der Waals surface area contributed by atoms with E-state index in [0.29, 0.717) is 38.1 Å². The van der Waals surface area contributed by atoms with E-state index in [-0.39, 0.29) is 11.8 Å². The van der Waals surface area contributed by atoms with Crippen LogP contribution in [0.2, 0.25) is 0 Å². The van der Waals surface area contributed by atoms with Crippen LogP contribution in [-0.2, 0) is 11.2 Å². The van der Waals surface area contributed by atoms with Crippen LogP contribution >= 0.6 is 24.0 Å². The Bertz CT molecular complexity index is 1120. The Morgan fingerprint density at radius 1 is 1.28 bits per heavy atom. The van der Waals surface area contributed by atoms with Crippen LogP contribution in [0.5, 0.6) is 0 Å². The average molecular weight is 424 g/mol. The summed E-state index contributed by atoms with van der Waals surface area (Å²) in [6, 6.07) is 11.9. The highest BCUT2D eigenvalue weighted by atomic mass is 32.2. The highest BCUT2D eigenvalue weighted by Gasteiger charge is 2.23. The molecule has 6 nitrogen and oxygen atoms in total. The van der Waals surface area contributed by atoms with Crippen molar-refractivity contribution in [1.29, 1.82) is 0 Å². The van der Waals surface area contributed by atoms with E-state index in [2.05, 4.69) is 27.8 Å². The fourth-order valence-electron chi connectivity index (χ4n) is 3.00. The van der Waals surface area contributed by atoms with E-state index in [1.807, 2.05) is 18.2 Å². The van der Waals surface area contributed by atoms with Gasteiger partial charge in [0.1, 0.15) is 15.6 Å². The Balaban J connectivity index is 1.45. The summed E-state index contributed by atoms with van der Waals surface area (Å²) in [7, 11) is 0. The first-order chi connectivity index (χ1) is 14.1. The molecular formula is C21H17N3O3S2. The third-order valence-electron chi connectivity index (χ3n) is 4.37. The summed E-state index contributed by atoms with van der Waals surface area (Å²) < 4.78 is 6.24. The number of hydrogen-bond donors (Lipinski definition) is 2. The van der Waals surface area contributed by atoms with Crippen molar-refractivity contribution in [3.8, 4) is 0 Å². The molecule has 29 heavy (non-hydrogen) atoms. The van der Waals surface area contributed by atoms with E-state index >= 15 is 0 Å². The number of fused-ring (bicyclic) bond motifs is 1. The number of thioether (sulfide) groups is 1. The lowest BCUT2D eigenvalue weighted by molar-refractivity contribution is -0.115. The molecule has 2 aromatic heterocycles. The number of furan rings is 1. The molecule has 0 spiro atoms. The van der Waals surface area contributed by atoms with Crippen molar-refractivity contribution in [3.05, 3.63) is 70.6 Å². The van der Waals surface area contributed by atoms with Crippen LogP contribution in [-0.4, -0.2) is 27.7 Å². The Morgan fingerprint density at radius 2 is 2.10 bits per heavy atom. The molecule has 146 valence electrons. The van der Waals surface area contributed by atoms with Gasteiger partial charge < -0.3 is 15.1 Å². The summed E-state index contributed by atoms with van der Waals surface area (Å²) in [6.07, 6.45) is 6.45. The molecule has 1 aromatic carbocycles. The summed E-state index contributed by atoms with van der Waals surface area (Å²) in [4.78, 5) is 29.0. The van der Waals surface area contributed by atoms with Gasteiger partial charge in [-0.2, -0.15) is 0 Å². The molecule has 3 heterocycles. The molecule has 0 atom stereocenters. The molecule has 0 radical (unpaired) electrons. The van der Waals surface area contributed by atoms with Crippen molar-refractivity contribution in [3.63, 3.8) is 0 Å². The molecule has 2 amide bonds. The van der Waals surface area contributed by atoms with Crippen LogP contribution in [0.4, 0.5) is 0 Å². The number of nitrogens with one attached hydrogen (secondary N) is 2. The number of carbonyl (C=O) groups is 2. The lowest BCUT2D eigenvalue weighted by Gasteiger charge is -2.05. The first-order valence-electron chi connectivity index (χ1n) is 9.05. The van der Waals surface area contributed by atoms with E-state index in [0.717, 1.165) is 12.8 Å². The van der Waals surface area contributed by atoms with Crippen molar-refractivity contribution >= 4 is 57.2 Å². The number of rotatable bonds is 6. The summed E-state index contributed by atoms with van der Waals surface area (Å²) in [5.74, 6) is -0.0256. The molecule has 4 rings (SSSR count). The van der Waals surface area contributed by atoms with Crippen LogP contribution in [0.15, 0.2) is 58.1 Å². The van der Waals surface area contributed by atoms with Crippen LogP contribution < -0.4 is 10.6 Å². The van der Waals surface area contributed by atoms with Gasteiger partial charge >= 0.3 is 0 Å². The monoisotopic (exact) mass is 423 g/mol. The Kier molecular flexibility index (Phi) is 5.73. The van der Waals surface area contributed by atoms with Crippen molar-refractivity contribution in [1.82, 2.24) is 15.6 Å². The zero-order valence-corrected chi connectivity index (χ0v) is 16.9. The van der Waals surface area contributed by atoms with Gasteiger partial charge in [0.15, 0.2) is 5.58 Å². The Labute approximate surface area is 176 Å².